The molecule has 1 aliphatic heterocycles. The summed E-state index contributed by atoms with van der Waals surface area (Å²) in [4.78, 5) is 15.3. The number of rotatable bonds is 2. The minimum atomic E-state index is -0.497. The van der Waals surface area contributed by atoms with Crippen LogP contribution in [0.3, 0.4) is 0 Å². The van der Waals surface area contributed by atoms with Gasteiger partial charge in [-0.15, -0.1) is 23.1 Å². The first kappa shape index (κ1) is 14.7. The Balaban J connectivity index is 1.73. The van der Waals surface area contributed by atoms with Crippen molar-refractivity contribution in [2.24, 2.45) is 0 Å². The van der Waals surface area contributed by atoms with Crippen LogP contribution >= 0.6 is 34.7 Å². The summed E-state index contributed by atoms with van der Waals surface area (Å²) in [6.45, 7) is 0.688. The number of nitrogens with zero attached hydrogens (tertiary/aromatic N) is 1. The van der Waals surface area contributed by atoms with E-state index in [-0.39, 0.29) is 16.4 Å². The van der Waals surface area contributed by atoms with E-state index >= 15 is 0 Å². The molecule has 0 bridgehead atoms. The minimum absolute atomic E-state index is 0.00148. The lowest BCUT2D eigenvalue weighted by molar-refractivity contribution is 0.215. The number of urea groups is 1. The molecule has 1 aromatic heterocycles. The summed E-state index contributed by atoms with van der Waals surface area (Å²) in [7, 11) is 0. The van der Waals surface area contributed by atoms with E-state index in [1.54, 1.807) is 28.0 Å². The second-order valence-corrected chi connectivity index (χ2v) is 7.07. The topological polar surface area (TPSA) is 32.3 Å². The van der Waals surface area contributed by atoms with Crippen molar-refractivity contribution >= 4 is 46.4 Å². The number of hydrogen-bond acceptors (Lipinski definition) is 3. The van der Waals surface area contributed by atoms with Gasteiger partial charge in [0.25, 0.3) is 0 Å². The van der Waals surface area contributed by atoms with Crippen LogP contribution in [0.15, 0.2) is 35.7 Å². The third kappa shape index (κ3) is 3.17. The quantitative estimate of drug-likeness (QED) is 0.848. The molecule has 110 valence electrons. The van der Waals surface area contributed by atoms with Crippen molar-refractivity contribution in [3.05, 3.63) is 51.4 Å². The Bertz CT molecular complexity index is 650. The van der Waals surface area contributed by atoms with Gasteiger partial charge in [0, 0.05) is 22.9 Å². The average molecular weight is 343 g/mol. The van der Waals surface area contributed by atoms with Crippen LogP contribution in [-0.2, 0) is 0 Å². The van der Waals surface area contributed by atoms with Gasteiger partial charge in [-0.1, -0.05) is 17.7 Å². The van der Waals surface area contributed by atoms with Gasteiger partial charge in [-0.25, -0.2) is 9.18 Å². The molecule has 2 aromatic rings. The number of thiophene rings is 1. The predicted octanol–water partition coefficient (Wildman–Crippen LogP) is 4.82. The second kappa shape index (κ2) is 6.25. The fourth-order valence-electron chi connectivity index (χ4n) is 2.11. The molecule has 1 saturated heterocycles. The third-order valence-electron chi connectivity index (χ3n) is 3.11. The molecule has 7 heteroatoms. The van der Waals surface area contributed by atoms with Gasteiger partial charge in [0.15, 0.2) is 0 Å². The molecular formula is C14H12ClFN2OS2. The van der Waals surface area contributed by atoms with Crippen LogP contribution in [0, 0.1) is 5.82 Å². The largest absolute Gasteiger partial charge is 0.323 e. The first-order valence-electron chi connectivity index (χ1n) is 6.33. The lowest BCUT2D eigenvalue weighted by Gasteiger charge is -2.23. The highest BCUT2D eigenvalue weighted by molar-refractivity contribution is 7.99. The van der Waals surface area contributed by atoms with Gasteiger partial charge in [-0.2, -0.15) is 0 Å². The maximum absolute atomic E-state index is 13.1. The zero-order valence-corrected chi connectivity index (χ0v) is 13.3. The van der Waals surface area contributed by atoms with E-state index in [9.17, 15) is 9.18 Å². The van der Waals surface area contributed by atoms with Gasteiger partial charge >= 0.3 is 6.03 Å². The zero-order valence-electron chi connectivity index (χ0n) is 10.9. The summed E-state index contributed by atoms with van der Waals surface area (Å²) < 4.78 is 13.1. The monoisotopic (exact) mass is 342 g/mol. The summed E-state index contributed by atoms with van der Waals surface area (Å²) in [6, 6.07) is 7.98. The van der Waals surface area contributed by atoms with Gasteiger partial charge in [-0.05, 0) is 29.6 Å². The Kier molecular flexibility index (Phi) is 4.37. The van der Waals surface area contributed by atoms with Crippen LogP contribution in [0.1, 0.15) is 10.3 Å². The number of hydrogen-bond donors (Lipinski definition) is 1. The maximum atomic E-state index is 13.1. The molecule has 1 N–H and O–H groups in total. The van der Waals surface area contributed by atoms with E-state index in [0.717, 1.165) is 10.6 Å². The molecule has 0 spiro atoms. The molecule has 1 aromatic carbocycles. The Morgan fingerprint density at radius 3 is 3.00 bits per heavy atom. The smallest absolute Gasteiger partial charge is 0.308 e. The number of benzene rings is 1. The summed E-state index contributed by atoms with van der Waals surface area (Å²) in [5.41, 5.74) is 0.494. The fraction of sp³-hybridized carbons (Fsp3) is 0.214. The van der Waals surface area contributed by atoms with Gasteiger partial charge in [0.2, 0.25) is 0 Å². The Labute approximate surface area is 135 Å². The summed E-state index contributed by atoms with van der Waals surface area (Å²) in [5.74, 6) is 0.406. The van der Waals surface area contributed by atoms with Gasteiger partial charge in [0.1, 0.15) is 11.2 Å². The Morgan fingerprint density at radius 2 is 2.29 bits per heavy atom. The lowest BCUT2D eigenvalue weighted by atomic mass is 10.3. The number of nitrogens with one attached hydrogen (secondary N) is 1. The van der Waals surface area contributed by atoms with Crippen LogP contribution in [0.4, 0.5) is 14.9 Å². The molecule has 0 radical (unpaired) electrons. The molecule has 2 amide bonds. The number of anilines is 1. The summed E-state index contributed by atoms with van der Waals surface area (Å²) in [6.07, 6.45) is 0. The second-order valence-electron chi connectivity index (χ2n) is 4.49. The highest BCUT2D eigenvalue weighted by atomic mass is 35.5. The summed E-state index contributed by atoms with van der Waals surface area (Å²) in [5, 5.41) is 4.82. The van der Waals surface area contributed by atoms with Crippen molar-refractivity contribution in [2.75, 3.05) is 17.6 Å². The molecule has 1 fully saturated rings. The predicted molar refractivity (Wildman–Crippen MR) is 86.7 cm³/mol. The SMILES string of the molecule is O=C(Nc1ccc(F)c(Cl)c1)N1CCS[C@@H]1c1cccs1. The zero-order chi connectivity index (χ0) is 14.8. The van der Waals surface area contributed by atoms with E-state index in [4.69, 9.17) is 11.6 Å². The number of amides is 2. The first-order valence-corrected chi connectivity index (χ1v) is 8.63. The normalized spacial score (nSPS) is 18.0. The van der Waals surface area contributed by atoms with Crippen LogP contribution in [0.25, 0.3) is 0 Å². The lowest BCUT2D eigenvalue weighted by Crippen LogP contribution is -2.34. The standard InChI is InChI=1S/C14H12ClFN2OS2/c15-10-8-9(3-4-11(10)16)17-14(19)18-5-7-21-13(18)12-2-1-6-20-12/h1-4,6,8,13H,5,7H2,(H,17,19)/t13-/m1/s1. The highest BCUT2D eigenvalue weighted by Crippen LogP contribution is 2.40. The van der Waals surface area contributed by atoms with Crippen molar-refractivity contribution in [3.8, 4) is 0 Å². The van der Waals surface area contributed by atoms with Gasteiger partial charge < -0.3 is 10.2 Å². The first-order chi connectivity index (χ1) is 10.1. The van der Waals surface area contributed by atoms with Crippen LogP contribution < -0.4 is 5.32 Å². The molecule has 1 aliphatic rings. The molecule has 0 saturated carbocycles. The number of halogens is 2. The fourth-order valence-corrected chi connectivity index (χ4v) is 4.53. The van der Waals surface area contributed by atoms with E-state index in [0.29, 0.717) is 12.2 Å². The molecule has 0 aliphatic carbocycles. The Hall–Kier alpha value is -1.24. The van der Waals surface area contributed by atoms with Gasteiger partial charge in [-0.3, -0.25) is 0 Å². The molecule has 1 atom stereocenters. The Morgan fingerprint density at radius 1 is 1.43 bits per heavy atom. The minimum Gasteiger partial charge on any atom is -0.308 e. The van der Waals surface area contributed by atoms with E-state index in [1.807, 2.05) is 17.5 Å². The van der Waals surface area contributed by atoms with Crippen molar-refractivity contribution in [1.82, 2.24) is 4.90 Å². The van der Waals surface area contributed by atoms with Crippen molar-refractivity contribution in [3.63, 3.8) is 0 Å². The van der Waals surface area contributed by atoms with Crippen LogP contribution in [0.2, 0.25) is 5.02 Å². The molecule has 21 heavy (non-hydrogen) atoms. The van der Waals surface area contributed by atoms with Crippen molar-refractivity contribution in [1.29, 1.82) is 0 Å². The summed E-state index contributed by atoms with van der Waals surface area (Å²) >= 11 is 9.11. The third-order valence-corrected chi connectivity index (χ3v) is 5.72. The van der Waals surface area contributed by atoms with E-state index < -0.39 is 5.82 Å². The molecule has 2 heterocycles. The van der Waals surface area contributed by atoms with Crippen molar-refractivity contribution in [2.45, 2.75) is 5.37 Å². The van der Waals surface area contributed by atoms with E-state index in [2.05, 4.69) is 5.32 Å². The molecule has 0 unspecified atom stereocenters. The van der Waals surface area contributed by atoms with Gasteiger partial charge in [0.05, 0.1) is 5.02 Å². The number of carbonyl (C=O) groups excluding carboxylic acids is 1. The average Bonchev–Trinajstić information content (AvgIpc) is 3.12. The highest BCUT2D eigenvalue weighted by Gasteiger charge is 2.31. The number of carbonyl (C=O) groups is 1. The molecule has 3 rings (SSSR count). The van der Waals surface area contributed by atoms with Crippen LogP contribution in [-0.4, -0.2) is 23.2 Å². The maximum Gasteiger partial charge on any atom is 0.323 e. The molecular weight excluding hydrogens is 331 g/mol. The van der Waals surface area contributed by atoms with Crippen LogP contribution in [0.5, 0.6) is 0 Å². The van der Waals surface area contributed by atoms with Crippen molar-refractivity contribution < 1.29 is 9.18 Å². The van der Waals surface area contributed by atoms with E-state index in [1.165, 1.54) is 18.2 Å². The number of thioether (sulfide) groups is 1. The molecule has 3 nitrogen and oxygen atoms in total.